The van der Waals surface area contributed by atoms with Crippen molar-refractivity contribution in [1.29, 1.82) is 0 Å². The van der Waals surface area contributed by atoms with Crippen molar-refractivity contribution in [2.45, 2.75) is 57.2 Å². The van der Waals surface area contributed by atoms with Crippen molar-refractivity contribution < 1.29 is 14.3 Å². The molecule has 6 nitrogen and oxygen atoms in total. The van der Waals surface area contributed by atoms with E-state index in [4.69, 9.17) is 4.74 Å². The molecule has 2 heterocycles. The third kappa shape index (κ3) is 5.89. The fourth-order valence-corrected chi connectivity index (χ4v) is 5.33. The monoisotopic (exact) mass is 479 g/mol. The van der Waals surface area contributed by atoms with Gasteiger partial charge in [0, 0.05) is 36.4 Å². The lowest BCUT2D eigenvalue weighted by Gasteiger charge is -2.33. The number of benzene rings is 1. The molecule has 7 heteroatoms. The molecule has 1 aliphatic rings. The molecule has 1 fully saturated rings. The van der Waals surface area contributed by atoms with Crippen LogP contribution in [0.5, 0.6) is 5.75 Å². The van der Waals surface area contributed by atoms with E-state index in [1.54, 1.807) is 23.3 Å². The average molecular weight is 480 g/mol. The molecule has 0 spiro atoms. The van der Waals surface area contributed by atoms with Crippen LogP contribution in [0.15, 0.2) is 60.1 Å². The van der Waals surface area contributed by atoms with Crippen molar-refractivity contribution >= 4 is 23.2 Å². The van der Waals surface area contributed by atoms with Gasteiger partial charge in [-0.2, -0.15) is 0 Å². The highest BCUT2D eigenvalue weighted by Crippen LogP contribution is 2.27. The molecular weight excluding hydrogens is 446 g/mol. The molecule has 34 heavy (non-hydrogen) atoms. The van der Waals surface area contributed by atoms with Crippen LogP contribution in [-0.4, -0.2) is 34.4 Å². The Morgan fingerprint density at radius 2 is 1.88 bits per heavy atom. The van der Waals surface area contributed by atoms with Crippen molar-refractivity contribution in [3.05, 3.63) is 76.2 Å². The third-order valence-corrected chi connectivity index (χ3v) is 7.39. The van der Waals surface area contributed by atoms with Gasteiger partial charge in [-0.3, -0.25) is 9.59 Å². The van der Waals surface area contributed by atoms with Gasteiger partial charge in [0.25, 0.3) is 0 Å². The van der Waals surface area contributed by atoms with Crippen LogP contribution in [-0.2, 0) is 29.6 Å². The summed E-state index contributed by atoms with van der Waals surface area (Å²) in [7, 11) is 3.55. The average Bonchev–Trinajstić information content (AvgIpc) is 3.51. The maximum Gasteiger partial charge on any atom is 0.249 e. The van der Waals surface area contributed by atoms with Gasteiger partial charge in [0.1, 0.15) is 5.75 Å². The van der Waals surface area contributed by atoms with Crippen molar-refractivity contribution in [3.8, 4) is 5.75 Å². The lowest BCUT2D eigenvalue weighted by molar-refractivity contribution is -0.141. The number of rotatable bonds is 9. The number of nitrogens with one attached hydrogen (secondary N) is 1. The smallest absolute Gasteiger partial charge is 0.249 e. The highest BCUT2D eigenvalue weighted by molar-refractivity contribution is 7.10. The topological polar surface area (TPSA) is 63.6 Å². The van der Waals surface area contributed by atoms with Crippen LogP contribution in [0, 0.1) is 0 Å². The summed E-state index contributed by atoms with van der Waals surface area (Å²) in [5.74, 6) is 0.583. The fourth-order valence-electron chi connectivity index (χ4n) is 4.64. The van der Waals surface area contributed by atoms with E-state index < -0.39 is 6.04 Å². The van der Waals surface area contributed by atoms with Gasteiger partial charge in [-0.25, -0.2) is 0 Å². The largest absolute Gasteiger partial charge is 0.497 e. The first kappa shape index (κ1) is 24.1. The van der Waals surface area contributed by atoms with Gasteiger partial charge in [-0.1, -0.05) is 37.5 Å². The van der Waals surface area contributed by atoms with E-state index in [1.165, 1.54) is 6.42 Å². The zero-order chi connectivity index (χ0) is 23.9. The highest BCUT2D eigenvalue weighted by Gasteiger charge is 2.34. The molecule has 180 valence electrons. The minimum atomic E-state index is -0.712. The number of ether oxygens (including phenoxy) is 1. The van der Waals surface area contributed by atoms with Crippen LogP contribution in [0.25, 0.3) is 0 Å². The van der Waals surface area contributed by atoms with Crippen molar-refractivity contribution in [1.82, 2.24) is 14.8 Å². The molecule has 2 amide bonds. The number of nitrogens with zero attached hydrogens (tertiary/aromatic N) is 2. The Kier molecular flexibility index (Phi) is 8.06. The summed E-state index contributed by atoms with van der Waals surface area (Å²) in [6.45, 7) is 0.335. The quantitative estimate of drug-likeness (QED) is 0.477. The normalized spacial score (nSPS) is 15.0. The van der Waals surface area contributed by atoms with E-state index in [-0.39, 0.29) is 24.3 Å². The third-order valence-electron chi connectivity index (χ3n) is 6.51. The summed E-state index contributed by atoms with van der Waals surface area (Å²) < 4.78 is 7.23. The molecule has 4 rings (SSSR count). The number of aryl methyl sites for hydroxylation is 1. The molecule has 1 N–H and O–H groups in total. The Bertz CT molecular complexity index is 1070. The Hall–Kier alpha value is -3.06. The number of hydrogen-bond acceptors (Lipinski definition) is 4. The SMILES string of the molecule is COc1ccc(CN(C(=O)Cc2cccs2)[C@H](C(=O)NC2CCCCC2)c2cccn2C)cc1. The van der Waals surface area contributed by atoms with E-state index in [9.17, 15) is 9.59 Å². The van der Waals surface area contributed by atoms with Crippen LogP contribution in [0.2, 0.25) is 0 Å². The number of carbonyl (C=O) groups excluding carboxylic acids is 2. The summed E-state index contributed by atoms with van der Waals surface area (Å²) >= 11 is 1.56. The second kappa shape index (κ2) is 11.4. The first-order chi connectivity index (χ1) is 16.5. The number of amides is 2. The first-order valence-electron chi connectivity index (χ1n) is 11.9. The molecular formula is C27H33N3O3S. The molecule has 0 bridgehead atoms. The van der Waals surface area contributed by atoms with Crippen molar-refractivity contribution in [2.75, 3.05) is 7.11 Å². The van der Waals surface area contributed by atoms with Gasteiger partial charge in [0.15, 0.2) is 6.04 Å². The zero-order valence-corrected chi connectivity index (χ0v) is 20.7. The lowest BCUT2D eigenvalue weighted by Crippen LogP contribution is -2.47. The number of aromatic nitrogens is 1. The standard InChI is InChI=1S/C27H33N3O3S/c1-29-16-6-11-24(29)26(27(32)28-21-8-4-3-5-9-21)30(25(31)18-23-10-7-17-34-23)19-20-12-14-22(33-2)15-13-20/h6-7,10-17,21,26H,3-5,8-9,18-19H2,1-2H3,(H,28,32)/t26-/m0/s1. The number of thiophene rings is 1. The van der Waals surface area contributed by atoms with Crippen LogP contribution >= 0.6 is 11.3 Å². The van der Waals surface area contributed by atoms with E-state index in [0.717, 1.165) is 47.6 Å². The Morgan fingerprint density at radius 3 is 2.50 bits per heavy atom. The van der Waals surface area contributed by atoms with Crippen molar-refractivity contribution in [3.63, 3.8) is 0 Å². The summed E-state index contributed by atoms with van der Waals surface area (Å²) in [4.78, 5) is 30.2. The Balaban J connectivity index is 1.67. The molecule has 3 aromatic rings. The molecule has 1 saturated carbocycles. The number of methoxy groups -OCH3 is 1. The molecule has 1 atom stereocenters. The second-order valence-electron chi connectivity index (χ2n) is 8.92. The predicted molar refractivity (Wildman–Crippen MR) is 135 cm³/mol. The van der Waals surface area contributed by atoms with Crippen LogP contribution in [0.1, 0.15) is 54.3 Å². The van der Waals surface area contributed by atoms with Gasteiger partial charge in [-0.05, 0) is 54.1 Å². The number of carbonyl (C=O) groups is 2. The molecule has 1 aliphatic carbocycles. The van der Waals surface area contributed by atoms with Gasteiger partial charge in [0.05, 0.1) is 13.5 Å². The summed E-state index contributed by atoms with van der Waals surface area (Å²) in [6.07, 6.45) is 7.66. The number of hydrogen-bond donors (Lipinski definition) is 1. The predicted octanol–water partition coefficient (Wildman–Crippen LogP) is 4.86. The van der Waals surface area contributed by atoms with Crippen LogP contribution < -0.4 is 10.1 Å². The van der Waals surface area contributed by atoms with Gasteiger partial charge >= 0.3 is 0 Å². The maximum absolute atomic E-state index is 13.8. The van der Waals surface area contributed by atoms with E-state index in [2.05, 4.69) is 5.32 Å². The van der Waals surface area contributed by atoms with E-state index in [1.807, 2.05) is 71.7 Å². The van der Waals surface area contributed by atoms with Gasteiger partial charge in [0.2, 0.25) is 11.8 Å². The van der Waals surface area contributed by atoms with E-state index >= 15 is 0 Å². The second-order valence-corrected chi connectivity index (χ2v) is 9.95. The molecule has 0 radical (unpaired) electrons. The van der Waals surface area contributed by atoms with Crippen LogP contribution in [0.3, 0.4) is 0 Å². The van der Waals surface area contributed by atoms with Crippen molar-refractivity contribution in [2.24, 2.45) is 7.05 Å². The summed E-state index contributed by atoms with van der Waals surface area (Å²) in [6, 6.07) is 14.9. The molecule has 2 aromatic heterocycles. The summed E-state index contributed by atoms with van der Waals surface area (Å²) in [5, 5.41) is 5.24. The van der Waals surface area contributed by atoms with E-state index in [0.29, 0.717) is 6.54 Å². The van der Waals surface area contributed by atoms with Gasteiger partial charge in [-0.15, -0.1) is 11.3 Å². The molecule has 1 aromatic carbocycles. The molecule has 0 aliphatic heterocycles. The zero-order valence-electron chi connectivity index (χ0n) is 19.9. The highest BCUT2D eigenvalue weighted by atomic mass is 32.1. The van der Waals surface area contributed by atoms with Gasteiger partial charge < -0.3 is 19.5 Å². The minimum Gasteiger partial charge on any atom is -0.497 e. The molecule has 0 saturated heterocycles. The Labute approximate surface area is 205 Å². The fraction of sp³-hybridized carbons (Fsp3) is 0.407. The minimum absolute atomic E-state index is 0.0664. The summed E-state index contributed by atoms with van der Waals surface area (Å²) in [5.41, 5.74) is 1.76. The first-order valence-corrected chi connectivity index (χ1v) is 12.8. The lowest BCUT2D eigenvalue weighted by atomic mass is 9.95. The maximum atomic E-state index is 13.8. The van der Waals surface area contributed by atoms with Crippen LogP contribution in [0.4, 0.5) is 0 Å². The Morgan fingerprint density at radius 1 is 1.12 bits per heavy atom. The molecule has 0 unspecified atom stereocenters.